The molecule has 0 saturated carbocycles. The number of rotatable bonds is 4. The number of aryl methyl sites for hydroxylation is 2. The lowest BCUT2D eigenvalue weighted by Gasteiger charge is -2.15. The van der Waals surface area contributed by atoms with Crippen molar-refractivity contribution in [1.29, 1.82) is 5.26 Å². The minimum Gasteiger partial charge on any atom is -0.325 e. The number of aromatic nitrogens is 2. The summed E-state index contributed by atoms with van der Waals surface area (Å²) in [5, 5.41) is 10.9. The third-order valence-corrected chi connectivity index (χ3v) is 4.89. The molecule has 10 heteroatoms. The van der Waals surface area contributed by atoms with Gasteiger partial charge in [0.15, 0.2) is 0 Å². The van der Waals surface area contributed by atoms with E-state index in [-0.39, 0.29) is 11.3 Å². The molecule has 1 N–H and O–H groups in total. The highest BCUT2D eigenvalue weighted by atomic mass is 35.5. The first kappa shape index (κ1) is 21.0. The molecule has 1 amide bonds. The number of amides is 1. The number of carbonyl (C=O) groups excluding carboxylic acids is 1. The van der Waals surface area contributed by atoms with E-state index < -0.39 is 27.9 Å². The van der Waals surface area contributed by atoms with Crippen LogP contribution in [-0.2, 0) is 11.0 Å². The fraction of sp³-hybridized carbons (Fsp3) is 0.294. The summed E-state index contributed by atoms with van der Waals surface area (Å²) in [6.07, 6.45) is -4.63. The monoisotopic (exact) mass is 414 g/mol. The van der Waals surface area contributed by atoms with Gasteiger partial charge in [-0.05, 0) is 39.0 Å². The lowest BCUT2D eigenvalue weighted by Crippen LogP contribution is -2.23. The molecule has 0 aliphatic heterocycles. The summed E-state index contributed by atoms with van der Waals surface area (Å²) in [5.74, 6) is -0.0811. The van der Waals surface area contributed by atoms with Crippen LogP contribution >= 0.6 is 23.4 Å². The van der Waals surface area contributed by atoms with Crippen LogP contribution in [0.4, 0.5) is 18.9 Å². The van der Waals surface area contributed by atoms with Crippen LogP contribution in [0.25, 0.3) is 0 Å². The van der Waals surface area contributed by atoms with E-state index >= 15 is 0 Å². The summed E-state index contributed by atoms with van der Waals surface area (Å²) < 4.78 is 38.8. The Hall–Kier alpha value is -2.31. The summed E-state index contributed by atoms with van der Waals surface area (Å²) in [4.78, 5) is 20.6. The molecule has 27 heavy (non-hydrogen) atoms. The molecule has 0 fully saturated rings. The number of hydrogen-bond donors (Lipinski definition) is 1. The van der Waals surface area contributed by atoms with Crippen LogP contribution in [-0.4, -0.2) is 21.1 Å². The number of halogens is 4. The Morgan fingerprint density at radius 3 is 2.59 bits per heavy atom. The third-order valence-electron chi connectivity index (χ3n) is 3.48. The number of thioether (sulfide) groups is 1. The van der Waals surface area contributed by atoms with Gasteiger partial charge in [-0.15, -0.1) is 0 Å². The van der Waals surface area contributed by atoms with Gasteiger partial charge in [-0.1, -0.05) is 23.4 Å². The summed E-state index contributed by atoms with van der Waals surface area (Å²) in [5.41, 5.74) is -0.306. The first-order chi connectivity index (χ1) is 12.5. The molecule has 2 aromatic rings. The summed E-state index contributed by atoms with van der Waals surface area (Å²) in [7, 11) is 0. The maximum Gasteiger partial charge on any atom is 0.417 e. The molecule has 1 aromatic heterocycles. The summed E-state index contributed by atoms with van der Waals surface area (Å²) in [6, 6.07) is 5.13. The topological polar surface area (TPSA) is 78.7 Å². The fourth-order valence-electron chi connectivity index (χ4n) is 2.18. The molecule has 0 aliphatic rings. The molecule has 0 spiro atoms. The van der Waals surface area contributed by atoms with Crippen molar-refractivity contribution >= 4 is 35.0 Å². The van der Waals surface area contributed by atoms with Crippen LogP contribution in [0.5, 0.6) is 0 Å². The molecular weight excluding hydrogens is 401 g/mol. The van der Waals surface area contributed by atoms with Gasteiger partial charge in [-0.3, -0.25) is 4.79 Å². The average Bonchev–Trinajstić information content (AvgIpc) is 2.55. The second-order valence-corrected chi connectivity index (χ2v) is 7.33. The van der Waals surface area contributed by atoms with Crippen LogP contribution in [0.3, 0.4) is 0 Å². The zero-order valence-corrected chi connectivity index (χ0v) is 16.1. The number of nitrogens with one attached hydrogen (secondary N) is 1. The first-order valence-corrected chi connectivity index (χ1v) is 8.88. The zero-order chi connectivity index (χ0) is 20.4. The number of nitrogens with zero attached hydrogens (tertiary/aromatic N) is 3. The third kappa shape index (κ3) is 5.11. The van der Waals surface area contributed by atoms with Crippen molar-refractivity contribution in [2.45, 2.75) is 37.2 Å². The van der Waals surface area contributed by atoms with Crippen molar-refractivity contribution in [1.82, 2.24) is 9.97 Å². The summed E-state index contributed by atoms with van der Waals surface area (Å²) in [6.45, 7) is 4.89. The van der Waals surface area contributed by atoms with E-state index in [4.69, 9.17) is 11.6 Å². The minimum atomic E-state index is -4.63. The van der Waals surface area contributed by atoms with E-state index in [0.29, 0.717) is 16.5 Å². The molecule has 2 rings (SSSR count). The normalized spacial score (nSPS) is 12.4. The van der Waals surface area contributed by atoms with Crippen molar-refractivity contribution in [3.8, 4) is 6.07 Å². The highest BCUT2D eigenvalue weighted by molar-refractivity contribution is 8.00. The molecule has 1 aromatic carbocycles. The average molecular weight is 415 g/mol. The van der Waals surface area contributed by atoms with Gasteiger partial charge >= 0.3 is 6.18 Å². The lowest BCUT2D eigenvalue weighted by molar-refractivity contribution is -0.137. The second-order valence-electron chi connectivity index (χ2n) is 5.59. The highest BCUT2D eigenvalue weighted by Gasteiger charge is 2.33. The molecule has 1 heterocycles. The smallest absolute Gasteiger partial charge is 0.325 e. The maximum atomic E-state index is 12.9. The standard InChI is InChI=1S/C17H14ClF3N4OS/c1-8-12(7-22)16(24-10(3)23-8)27-9(2)15(26)25-11-4-5-14(18)13(6-11)17(19,20)21/h4-6,9H,1-3H3,(H,25,26). The van der Waals surface area contributed by atoms with E-state index in [1.807, 2.05) is 6.07 Å². The molecular formula is C17H14ClF3N4OS. The molecule has 142 valence electrons. The van der Waals surface area contributed by atoms with Gasteiger partial charge in [-0.2, -0.15) is 18.4 Å². The Labute approximate surface area is 163 Å². The predicted octanol–water partition coefficient (Wildman–Crippen LogP) is 4.76. The summed E-state index contributed by atoms with van der Waals surface area (Å²) >= 11 is 6.60. The number of carbonyl (C=O) groups is 1. The zero-order valence-electron chi connectivity index (χ0n) is 14.5. The molecule has 0 radical (unpaired) electrons. The molecule has 0 aliphatic carbocycles. The van der Waals surface area contributed by atoms with E-state index in [1.165, 1.54) is 6.07 Å². The Morgan fingerprint density at radius 1 is 1.33 bits per heavy atom. The molecule has 0 saturated heterocycles. The number of nitriles is 1. The van der Waals surface area contributed by atoms with Crippen molar-refractivity contribution in [3.63, 3.8) is 0 Å². The molecule has 1 unspecified atom stereocenters. The van der Waals surface area contributed by atoms with Crippen LogP contribution in [0.15, 0.2) is 23.2 Å². The molecule has 1 atom stereocenters. The lowest BCUT2D eigenvalue weighted by atomic mass is 10.2. The van der Waals surface area contributed by atoms with Crippen molar-refractivity contribution in [2.75, 3.05) is 5.32 Å². The van der Waals surface area contributed by atoms with Crippen LogP contribution in [0, 0.1) is 25.2 Å². The quantitative estimate of drug-likeness (QED) is 0.576. The molecule has 5 nitrogen and oxygen atoms in total. The fourth-order valence-corrected chi connectivity index (χ4v) is 3.40. The van der Waals surface area contributed by atoms with Crippen molar-refractivity contribution < 1.29 is 18.0 Å². The van der Waals surface area contributed by atoms with Crippen LogP contribution in [0.1, 0.15) is 29.6 Å². The Kier molecular flexibility index (Phi) is 6.34. The number of benzene rings is 1. The van der Waals surface area contributed by atoms with Crippen molar-refractivity contribution in [2.24, 2.45) is 0 Å². The highest BCUT2D eigenvalue weighted by Crippen LogP contribution is 2.36. The van der Waals surface area contributed by atoms with Gasteiger partial charge in [0.2, 0.25) is 5.91 Å². The maximum absolute atomic E-state index is 12.9. The van der Waals surface area contributed by atoms with E-state index in [9.17, 15) is 23.2 Å². The SMILES string of the molecule is Cc1nc(C)c(C#N)c(SC(C)C(=O)Nc2ccc(Cl)c(C(F)(F)F)c2)n1. The number of alkyl halides is 3. The largest absolute Gasteiger partial charge is 0.417 e. The van der Waals surface area contributed by atoms with Gasteiger partial charge in [0.1, 0.15) is 22.5 Å². The van der Waals surface area contributed by atoms with Gasteiger partial charge in [0, 0.05) is 5.69 Å². The first-order valence-electron chi connectivity index (χ1n) is 7.62. The Morgan fingerprint density at radius 2 is 2.00 bits per heavy atom. The predicted molar refractivity (Wildman–Crippen MR) is 96.6 cm³/mol. The Bertz CT molecular complexity index is 928. The molecule has 0 bridgehead atoms. The number of anilines is 1. The van der Waals surface area contributed by atoms with Gasteiger partial charge < -0.3 is 5.32 Å². The van der Waals surface area contributed by atoms with Gasteiger partial charge in [-0.25, -0.2) is 9.97 Å². The van der Waals surface area contributed by atoms with Crippen molar-refractivity contribution in [3.05, 3.63) is 45.9 Å². The minimum absolute atomic E-state index is 0.0280. The van der Waals surface area contributed by atoms with Crippen LogP contribution in [0.2, 0.25) is 5.02 Å². The van der Waals surface area contributed by atoms with Gasteiger partial charge in [0.05, 0.1) is 21.5 Å². The number of hydrogen-bond acceptors (Lipinski definition) is 5. The second kappa shape index (κ2) is 8.15. The Balaban J connectivity index is 2.19. The van der Waals surface area contributed by atoms with E-state index in [0.717, 1.165) is 23.9 Å². The van der Waals surface area contributed by atoms with Crippen LogP contribution < -0.4 is 5.32 Å². The van der Waals surface area contributed by atoms with E-state index in [2.05, 4.69) is 15.3 Å². The van der Waals surface area contributed by atoms with Gasteiger partial charge in [0.25, 0.3) is 0 Å². The van der Waals surface area contributed by atoms with E-state index in [1.54, 1.807) is 20.8 Å².